The van der Waals surface area contributed by atoms with Gasteiger partial charge in [-0.2, -0.15) is 0 Å². The third-order valence-electron chi connectivity index (χ3n) is 3.84. The highest BCUT2D eigenvalue weighted by Crippen LogP contribution is 2.17. The van der Waals surface area contributed by atoms with Crippen molar-refractivity contribution >= 4 is 21.3 Å². The standard InChI is InChI=1S/C15H19N3O4S/c1-23(20,21)15-17-13(12-6-2-3-9-18(12)15)14(19)16-8-7-11-5-4-10-22-11/h2-3,6,9,11H,4-5,7-8,10H2,1H3,(H,16,19)/t11-/m0/s1. The molecule has 0 spiro atoms. The van der Waals surface area contributed by atoms with E-state index in [0.717, 1.165) is 32.1 Å². The largest absolute Gasteiger partial charge is 0.378 e. The topological polar surface area (TPSA) is 89.8 Å². The molecule has 0 unspecified atom stereocenters. The highest BCUT2D eigenvalue weighted by molar-refractivity contribution is 7.90. The summed E-state index contributed by atoms with van der Waals surface area (Å²) >= 11 is 0. The van der Waals surface area contributed by atoms with Gasteiger partial charge in [-0.25, -0.2) is 13.4 Å². The van der Waals surface area contributed by atoms with Crippen molar-refractivity contribution in [2.75, 3.05) is 19.4 Å². The Hall–Kier alpha value is -1.93. The zero-order valence-corrected chi connectivity index (χ0v) is 13.7. The quantitative estimate of drug-likeness (QED) is 0.880. The second-order valence-corrected chi connectivity index (χ2v) is 7.56. The second kappa shape index (κ2) is 6.29. The fraction of sp³-hybridized carbons (Fsp3) is 0.467. The Kier molecular flexibility index (Phi) is 4.36. The summed E-state index contributed by atoms with van der Waals surface area (Å²) in [6.45, 7) is 1.26. The maximum Gasteiger partial charge on any atom is 0.272 e. The van der Waals surface area contributed by atoms with Gasteiger partial charge in [0.2, 0.25) is 15.0 Å². The number of nitrogens with zero attached hydrogens (tertiary/aromatic N) is 2. The molecule has 1 N–H and O–H groups in total. The van der Waals surface area contributed by atoms with Crippen LogP contribution in [-0.2, 0) is 14.6 Å². The highest BCUT2D eigenvalue weighted by atomic mass is 32.2. The van der Waals surface area contributed by atoms with Crippen LogP contribution in [0.25, 0.3) is 5.52 Å². The van der Waals surface area contributed by atoms with Gasteiger partial charge in [-0.05, 0) is 31.4 Å². The van der Waals surface area contributed by atoms with Crippen LogP contribution in [0.15, 0.2) is 29.6 Å². The lowest BCUT2D eigenvalue weighted by Gasteiger charge is -2.09. The molecule has 0 radical (unpaired) electrons. The molecule has 1 atom stereocenters. The molecular formula is C15H19N3O4S. The zero-order valence-electron chi connectivity index (χ0n) is 12.9. The first-order valence-corrected chi connectivity index (χ1v) is 9.43. The molecule has 0 aromatic carbocycles. The number of amides is 1. The molecule has 1 amide bonds. The summed E-state index contributed by atoms with van der Waals surface area (Å²) in [5.74, 6) is -0.374. The summed E-state index contributed by atoms with van der Waals surface area (Å²) in [4.78, 5) is 16.4. The molecular weight excluding hydrogens is 318 g/mol. The predicted molar refractivity (Wildman–Crippen MR) is 84.2 cm³/mol. The molecule has 3 rings (SSSR count). The van der Waals surface area contributed by atoms with Gasteiger partial charge in [0, 0.05) is 25.6 Å². The molecule has 1 aliphatic heterocycles. The van der Waals surface area contributed by atoms with Gasteiger partial charge in [0.25, 0.3) is 5.91 Å². The van der Waals surface area contributed by atoms with Crippen LogP contribution in [0.1, 0.15) is 29.8 Å². The minimum Gasteiger partial charge on any atom is -0.378 e. The van der Waals surface area contributed by atoms with E-state index >= 15 is 0 Å². The number of carbonyl (C=O) groups is 1. The van der Waals surface area contributed by atoms with E-state index in [1.807, 2.05) is 0 Å². The number of carbonyl (C=O) groups excluding carboxylic acids is 1. The molecule has 124 valence electrons. The van der Waals surface area contributed by atoms with Crippen molar-refractivity contribution < 1.29 is 17.9 Å². The second-order valence-electron chi connectivity index (χ2n) is 5.65. The van der Waals surface area contributed by atoms with Crippen molar-refractivity contribution in [2.24, 2.45) is 0 Å². The van der Waals surface area contributed by atoms with Crippen molar-refractivity contribution in [3.05, 3.63) is 30.1 Å². The predicted octanol–water partition coefficient (Wildman–Crippen LogP) is 1.04. The Morgan fingerprint density at radius 1 is 1.48 bits per heavy atom. The summed E-state index contributed by atoms with van der Waals surface area (Å²) in [6.07, 6.45) is 5.68. The number of nitrogens with one attached hydrogen (secondary N) is 1. The molecule has 1 fully saturated rings. The van der Waals surface area contributed by atoms with Gasteiger partial charge in [-0.15, -0.1) is 0 Å². The Labute approximate surface area is 134 Å². The Morgan fingerprint density at radius 2 is 2.30 bits per heavy atom. The number of sulfone groups is 1. The maximum atomic E-state index is 12.4. The number of pyridine rings is 1. The van der Waals surface area contributed by atoms with Gasteiger partial charge in [0.15, 0.2) is 5.69 Å². The summed E-state index contributed by atoms with van der Waals surface area (Å²) in [7, 11) is -3.52. The van der Waals surface area contributed by atoms with E-state index in [-0.39, 0.29) is 22.9 Å². The minimum absolute atomic E-state index is 0.123. The fourth-order valence-corrected chi connectivity index (χ4v) is 3.51. The van der Waals surface area contributed by atoms with E-state index in [0.29, 0.717) is 12.1 Å². The Bertz CT molecular complexity index is 822. The van der Waals surface area contributed by atoms with Crippen LogP contribution in [-0.4, -0.2) is 49.2 Å². The number of rotatable bonds is 5. The Morgan fingerprint density at radius 3 is 3.00 bits per heavy atom. The number of hydrogen-bond acceptors (Lipinski definition) is 5. The number of ether oxygens (including phenoxy) is 1. The van der Waals surface area contributed by atoms with Gasteiger partial charge in [-0.1, -0.05) is 6.07 Å². The molecule has 7 nitrogen and oxygen atoms in total. The molecule has 1 aliphatic rings. The van der Waals surface area contributed by atoms with Gasteiger partial charge < -0.3 is 10.1 Å². The van der Waals surface area contributed by atoms with Crippen molar-refractivity contribution in [3.8, 4) is 0 Å². The summed E-state index contributed by atoms with van der Waals surface area (Å²) in [6, 6.07) is 5.12. The average Bonchev–Trinajstić information content (AvgIpc) is 3.13. The van der Waals surface area contributed by atoms with E-state index < -0.39 is 9.84 Å². The SMILES string of the molecule is CS(=O)(=O)c1nc(C(=O)NCC[C@@H]2CCCO2)c2ccccn12. The van der Waals surface area contributed by atoms with Crippen molar-refractivity contribution in [3.63, 3.8) is 0 Å². The van der Waals surface area contributed by atoms with Gasteiger partial charge in [0.05, 0.1) is 11.6 Å². The third-order valence-corrected chi connectivity index (χ3v) is 4.79. The van der Waals surface area contributed by atoms with E-state index in [1.54, 1.807) is 24.4 Å². The summed E-state index contributed by atoms with van der Waals surface area (Å²) in [5.41, 5.74) is 0.598. The van der Waals surface area contributed by atoms with Crippen LogP contribution in [0.4, 0.5) is 0 Å². The molecule has 1 saturated heterocycles. The highest BCUT2D eigenvalue weighted by Gasteiger charge is 2.23. The van der Waals surface area contributed by atoms with Gasteiger partial charge in [-0.3, -0.25) is 9.20 Å². The summed E-state index contributed by atoms with van der Waals surface area (Å²) in [5, 5.41) is 2.67. The van der Waals surface area contributed by atoms with Crippen LogP contribution >= 0.6 is 0 Å². The van der Waals surface area contributed by atoms with E-state index in [9.17, 15) is 13.2 Å². The first kappa shape index (κ1) is 15.9. The van der Waals surface area contributed by atoms with Crippen LogP contribution in [0.3, 0.4) is 0 Å². The molecule has 0 bridgehead atoms. The smallest absolute Gasteiger partial charge is 0.272 e. The molecule has 2 aromatic heterocycles. The molecule has 2 aromatic rings. The van der Waals surface area contributed by atoms with Crippen molar-refractivity contribution in [2.45, 2.75) is 30.5 Å². The third kappa shape index (κ3) is 3.37. The van der Waals surface area contributed by atoms with Crippen LogP contribution < -0.4 is 5.32 Å². The molecule has 0 aliphatic carbocycles. The van der Waals surface area contributed by atoms with Crippen LogP contribution in [0, 0.1) is 0 Å². The fourth-order valence-electron chi connectivity index (χ4n) is 2.74. The number of aromatic nitrogens is 2. The molecule has 3 heterocycles. The molecule has 8 heteroatoms. The average molecular weight is 337 g/mol. The maximum absolute atomic E-state index is 12.4. The lowest BCUT2D eigenvalue weighted by molar-refractivity contribution is 0.0904. The number of imidazole rings is 1. The van der Waals surface area contributed by atoms with Gasteiger partial charge >= 0.3 is 0 Å². The molecule has 0 saturated carbocycles. The minimum atomic E-state index is -3.52. The molecule has 23 heavy (non-hydrogen) atoms. The van der Waals surface area contributed by atoms with E-state index in [4.69, 9.17) is 4.74 Å². The van der Waals surface area contributed by atoms with Gasteiger partial charge in [0.1, 0.15) is 0 Å². The van der Waals surface area contributed by atoms with Crippen molar-refractivity contribution in [1.82, 2.24) is 14.7 Å². The lowest BCUT2D eigenvalue weighted by Crippen LogP contribution is -2.27. The summed E-state index contributed by atoms with van der Waals surface area (Å²) < 4.78 is 30.6. The number of fused-ring (bicyclic) bond motifs is 1. The van der Waals surface area contributed by atoms with E-state index in [1.165, 1.54) is 4.40 Å². The van der Waals surface area contributed by atoms with Crippen LogP contribution in [0.2, 0.25) is 0 Å². The first-order chi connectivity index (χ1) is 11.0. The normalized spacial score (nSPS) is 18.4. The lowest BCUT2D eigenvalue weighted by atomic mass is 10.2. The van der Waals surface area contributed by atoms with Crippen molar-refractivity contribution in [1.29, 1.82) is 0 Å². The first-order valence-electron chi connectivity index (χ1n) is 7.54. The monoisotopic (exact) mass is 337 g/mol. The number of hydrogen-bond donors (Lipinski definition) is 1. The van der Waals surface area contributed by atoms with E-state index in [2.05, 4.69) is 10.3 Å². The van der Waals surface area contributed by atoms with Crippen LogP contribution in [0.5, 0.6) is 0 Å². The Balaban J connectivity index is 1.80. The zero-order chi connectivity index (χ0) is 16.4.